The fourth-order valence-electron chi connectivity index (χ4n) is 11.3. The molecule has 0 saturated carbocycles. The minimum Gasteiger partial charge on any atom is -0.454 e. The van der Waals surface area contributed by atoms with Crippen molar-refractivity contribution in [2.45, 2.75) is 24.7 Å². The first-order valence-electron chi connectivity index (χ1n) is 21.0. The number of para-hydroxylation sites is 1. The van der Waals surface area contributed by atoms with Gasteiger partial charge in [-0.1, -0.05) is 178 Å². The summed E-state index contributed by atoms with van der Waals surface area (Å²) in [5, 5.41) is 2.28. The second-order valence-corrected chi connectivity index (χ2v) is 17.2. The van der Waals surface area contributed by atoms with Crippen molar-refractivity contribution in [1.82, 2.24) is 0 Å². The van der Waals surface area contributed by atoms with Gasteiger partial charge < -0.3 is 9.32 Å². The van der Waals surface area contributed by atoms with Gasteiger partial charge in [0.1, 0.15) is 5.58 Å². The van der Waals surface area contributed by atoms with Gasteiger partial charge >= 0.3 is 0 Å². The molecule has 13 rings (SSSR count). The van der Waals surface area contributed by atoms with E-state index in [1.165, 1.54) is 83.3 Å². The van der Waals surface area contributed by atoms with Crippen molar-refractivity contribution in [3.63, 3.8) is 0 Å². The molecule has 1 spiro atoms. The van der Waals surface area contributed by atoms with Crippen LogP contribution in [0, 0.1) is 0 Å². The van der Waals surface area contributed by atoms with Crippen molar-refractivity contribution in [3.8, 4) is 44.5 Å². The highest BCUT2D eigenvalue weighted by atomic mass is 16.3. The third kappa shape index (κ3) is 4.27. The third-order valence-electron chi connectivity index (χ3n) is 13.9. The summed E-state index contributed by atoms with van der Waals surface area (Å²) in [5.74, 6) is 0. The number of hydrogen-bond acceptors (Lipinski definition) is 2. The SMILES string of the molecule is CC1(C)c2ccccc2-c2ccc(N(c3ccc(-c4ccccc4)cc3)c3cccc4c3oc3ccc5c(c34)-c3ccccc3C53c4ccccc4-c4ccccc43)cc21. The Balaban J connectivity index is 1.06. The van der Waals surface area contributed by atoms with Gasteiger partial charge in [-0.2, -0.15) is 0 Å². The van der Waals surface area contributed by atoms with Crippen molar-refractivity contribution in [3.05, 3.63) is 234 Å². The number of nitrogens with zero attached hydrogens (tertiary/aromatic N) is 1. The fraction of sp³-hybridized carbons (Fsp3) is 0.0690. The molecule has 10 aromatic rings. The average Bonchev–Trinajstić information content (AvgIpc) is 4.00. The molecule has 0 atom stereocenters. The molecule has 0 aliphatic heterocycles. The van der Waals surface area contributed by atoms with Crippen LogP contribution in [-0.2, 0) is 10.8 Å². The molecule has 60 heavy (non-hydrogen) atoms. The minimum absolute atomic E-state index is 0.141. The van der Waals surface area contributed by atoms with Gasteiger partial charge in [0, 0.05) is 27.6 Å². The van der Waals surface area contributed by atoms with E-state index in [9.17, 15) is 0 Å². The Kier molecular flexibility index (Phi) is 6.74. The van der Waals surface area contributed by atoms with E-state index < -0.39 is 5.41 Å². The summed E-state index contributed by atoms with van der Waals surface area (Å²) in [4.78, 5) is 2.40. The van der Waals surface area contributed by atoms with Crippen LogP contribution in [0.5, 0.6) is 0 Å². The van der Waals surface area contributed by atoms with Gasteiger partial charge in [-0.05, 0) is 114 Å². The Hall–Kier alpha value is -7.42. The van der Waals surface area contributed by atoms with E-state index in [1.54, 1.807) is 0 Å². The molecule has 0 radical (unpaired) electrons. The van der Waals surface area contributed by atoms with Crippen molar-refractivity contribution < 1.29 is 4.42 Å². The van der Waals surface area contributed by atoms with Crippen molar-refractivity contribution in [2.24, 2.45) is 0 Å². The Morgan fingerprint density at radius 2 is 0.950 bits per heavy atom. The van der Waals surface area contributed by atoms with E-state index in [-0.39, 0.29) is 5.41 Å². The Morgan fingerprint density at radius 1 is 0.400 bits per heavy atom. The molecule has 282 valence electrons. The van der Waals surface area contributed by atoms with Crippen LogP contribution in [0.4, 0.5) is 17.1 Å². The zero-order valence-electron chi connectivity index (χ0n) is 33.4. The lowest BCUT2D eigenvalue weighted by Crippen LogP contribution is -2.25. The molecule has 2 nitrogen and oxygen atoms in total. The molecule has 9 aromatic carbocycles. The van der Waals surface area contributed by atoms with Gasteiger partial charge in [-0.3, -0.25) is 0 Å². The Labute approximate surface area is 349 Å². The van der Waals surface area contributed by atoms with Gasteiger partial charge in [0.05, 0.1) is 11.1 Å². The van der Waals surface area contributed by atoms with E-state index in [4.69, 9.17) is 4.42 Å². The van der Waals surface area contributed by atoms with E-state index in [2.05, 4.69) is 219 Å². The lowest BCUT2D eigenvalue weighted by atomic mass is 9.70. The normalized spacial score (nSPS) is 14.4. The summed E-state index contributed by atoms with van der Waals surface area (Å²) in [6.45, 7) is 4.71. The van der Waals surface area contributed by atoms with Crippen LogP contribution < -0.4 is 4.90 Å². The molecular weight excluding hydrogens is 727 g/mol. The topological polar surface area (TPSA) is 16.4 Å². The van der Waals surface area contributed by atoms with Crippen molar-refractivity contribution >= 4 is 39.0 Å². The second kappa shape index (κ2) is 12.1. The molecule has 1 aromatic heterocycles. The molecule has 2 heteroatoms. The monoisotopic (exact) mass is 765 g/mol. The minimum atomic E-state index is -0.421. The third-order valence-corrected chi connectivity index (χ3v) is 13.9. The van der Waals surface area contributed by atoms with Gasteiger partial charge in [-0.25, -0.2) is 0 Å². The first kappa shape index (κ1) is 33.5. The summed E-state index contributed by atoms with van der Waals surface area (Å²) < 4.78 is 7.17. The quantitative estimate of drug-likeness (QED) is 0.177. The predicted molar refractivity (Wildman–Crippen MR) is 248 cm³/mol. The molecule has 1 heterocycles. The zero-order valence-corrected chi connectivity index (χ0v) is 33.4. The van der Waals surface area contributed by atoms with Crippen LogP contribution in [-0.4, -0.2) is 0 Å². The molecule has 0 saturated heterocycles. The molecule has 3 aliphatic carbocycles. The Bertz CT molecular complexity index is 3360. The van der Waals surface area contributed by atoms with Crippen LogP contribution >= 0.6 is 0 Å². The standard InChI is InChI=1S/C58H39NO/c1-57(2)46-22-10-6-17-40(46)43-32-31-39(35-51(43)57)59(38-29-27-37(28-30-38)36-15-4-3-5-16-36)52-26-14-21-45-55-53(60-56(45)52)34-33-50-54(55)44-20-9-13-25-49(44)58(50)47-23-11-7-18-41(47)42-19-8-12-24-48(42)58/h3-35H,1-2H3. The van der Waals surface area contributed by atoms with E-state index in [0.717, 1.165) is 33.6 Å². The zero-order chi connectivity index (χ0) is 39.7. The van der Waals surface area contributed by atoms with Gasteiger partial charge in [0.25, 0.3) is 0 Å². The van der Waals surface area contributed by atoms with Crippen molar-refractivity contribution in [1.29, 1.82) is 0 Å². The molecule has 0 amide bonds. The number of hydrogen-bond donors (Lipinski definition) is 0. The van der Waals surface area contributed by atoms with Gasteiger partial charge in [0.15, 0.2) is 5.58 Å². The number of benzene rings is 9. The largest absolute Gasteiger partial charge is 0.454 e. The summed E-state index contributed by atoms with van der Waals surface area (Å²) in [6.07, 6.45) is 0. The number of rotatable bonds is 4. The van der Waals surface area contributed by atoms with Crippen LogP contribution in [0.1, 0.15) is 47.2 Å². The van der Waals surface area contributed by atoms with Crippen LogP contribution in [0.2, 0.25) is 0 Å². The van der Waals surface area contributed by atoms with Crippen LogP contribution in [0.25, 0.3) is 66.4 Å². The highest BCUT2D eigenvalue weighted by Gasteiger charge is 2.52. The smallest absolute Gasteiger partial charge is 0.159 e. The summed E-state index contributed by atoms with van der Waals surface area (Å²) in [5.41, 5.74) is 22.6. The van der Waals surface area contributed by atoms with E-state index in [1.807, 2.05) is 0 Å². The molecule has 0 unspecified atom stereocenters. The summed E-state index contributed by atoms with van der Waals surface area (Å²) >= 11 is 0. The highest BCUT2D eigenvalue weighted by Crippen LogP contribution is 2.64. The average molecular weight is 766 g/mol. The molecule has 3 aliphatic rings. The first-order valence-corrected chi connectivity index (χ1v) is 21.0. The molecule has 0 fully saturated rings. The summed E-state index contributed by atoms with van der Waals surface area (Å²) in [6, 6.07) is 73.8. The lowest BCUT2D eigenvalue weighted by molar-refractivity contribution is 0.660. The summed E-state index contributed by atoms with van der Waals surface area (Å²) in [7, 11) is 0. The van der Waals surface area contributed by atoms with Crippen LogP contribution in [0.3, 0.4) is 0 Å². The first-order chi connectivity index (χ1) is 29.5. The maximum Gasteiger partial charge on any atom is 0.159 e. The Morgan fingerprint density at radius 3 is 1.65 bits per heavy atom. The molecule has 0 bridgehead atoms. The number of fused-ring (bicyclic) bond motifs is 17. The fourth-order valence-corrected chi connectivity index (χ4v) is 11.3. The number of furan rings is 1. The molecule has 0 N–H and O–H groups in total. The predicted octanol–water partition coefficient (Wildman–Crippen LogP) is 15.4. The second-order valence-electron chi connectivity index (χ2n) is 17.2. The van der Waals surface area contributed by atoms with Crippen LogP contribution in [0.15, 0.2) is 205 Å². The lowest BCUT2D eigenvalue weighted by Gasteiger charge is -2.30. The molecular formula is C58H39NO. The van der Waals surface area contributed by atoms with E-state index in [0.29, 0.717) is 0 Å². The highest BCUT2D eigenvalue weighted by molar-refractivity contribution is 6.18. The van der Waals surface area contributed by atoms with E-state index >= 15 is 0 Å². The maximum atomic E-state index is 7.17. The van der Waals surface area contributed by atoms with Gasteiger partial charge in [0.2, 0.25) is 0 Å². The maximum absolute atomic E-state index is 7.17. The van der Waals surface area contributed by atoms with Gasteiger partial charge in [-0.15, -0.1) is 0 Å². The number of anilines is 3. The van der Waals surface area contributed by atoms with Crippen molar-refractivity contribution in [2.75, 3.05) is 4.90 Å².